The zero-order chi connectivity index (χ0) is 23.4. The molecule has 0 saturated heterocycles. The maximum absolute atomic E-state index is 12.2. The van der Waals surface area contributed by atoms with Gasteiger partial charge in [-0.15, -0.1) is 0 Å². The minimum Gasteiger partial charge on any atom is -0.478 e. The first-order valence-corrected chi connectivity index (χ1v) is 10.6. The molecule has 9 nitrogen and oxygen atoms in total. The number of hydrogen-bond donors (Lipinski definition) is 4. The maximum atomic E-state index is 12.2. The average Bonchev–Trinajstić information content (AvgIpc) is 3.16. The molecule has 9 heteroatoms. The minimum atomic E-state index is -1.31. The fourth-order valence-electron chi connectivity index (χ4n) is 4.01. The Hall–Kier alpha value is -3.69. The molecule has 2 unspecified atom stereocenters. The van der Waals surface area contributed by atoms with Crippen molar-refractivity contribution in [3.05, 3.63) is 71.5 Å². The Bertz CT molecular complexity index is 1090. The van der Waals surface area contributed by atoms with Crippen molar-refractivity contribution in [3.63, 3.8) is 0 Å². The Morgan fingerprint density at radius 1 is 1.12 bits per heavy atom. The van der Waals surface area contributed by atoms with Gasteiger partial charge in [-0.1, -0.05) is 48.5 Å². The highest BCUT2D eigenvalue weighted by Gasteiger charge is 2.29. The summed E-state index contributed by atoms with van der Waals surface area (Å²) >= 11 is 0. The van der Waals surface area contributed by atoms with Gasteiger partial charge in [0.25, 0.3) is 5.88 Å². The van der Waals surface area contributed by atoms with Crippen LogP contribution in [0.25, 0.3) is 11.1 Å². The van der Waals surface area contributed by atoms with Crippen molar-refractivity contribution in [2.75, 3.05) is 26.0 Å². The largest absolute Gasteiger partial charge is 0.478 e. The summed E-state index contributed by atoms with van der Waals surface area (Å²) < 4.78 is 10.4. The number of rotatable bonds is 8. The van der Waals surface area contributed by atoms with Gasteiger partial charge in [-0.25, -0.2) is 14.8 Å². The lowest BCUT2D eigenvalue weighted by Crippen LogP contribution is -2.31. The van der Waals surface area contributed by atoms with E-state index in [1.54, 1.807) is 0 Å². The minimum absolute atomic E-state index is 0.0327. The van der Waals surface area contributed by atoms with Crippen molar-refractivity contribution in [2.45, 2.75) is 24.5 Å². The quantitative estimate of drug-likeness (QED) is 0.410. The summed E-state index contributed by atoms with van der Waals surface area (Å²) in [6.45, 7) is 0.306. The van der Waals surface area contributed by atoms with Gasteiger partial charge in [0.15, 0.2) is 5.82 Å². The van der Waals surface area contributed by atoms with Crippen molar-refractivity contribution in [1.29, 1.82) is 0 Å². The molecule has 2 atom stereocenters. The number of methoxy groups -OCH3 is 1. The number of aromatic nitrogens is 2. The predicted octanol–water partition coefficient (Wildman–Crippen LogP) is 2.39. The SMILES string of the molecule is COc1nc(C(O)C(O)CCNC(=O)OCC2c3ccccc3-c3ccccc32)cnc1N. The Balaban J connectivity index is 1.28. The number of anilines is 1. The second kappa shape index (κ2) is 9.85. The van der Waals surface area contributed by atoms with Crippen LogP contribution in [0, 0.1) is 0 Å². The normalized spacial score (nSPS) is 14.2. The molecule has 1 aromatic heterocycles. The van der Waals surface area contributed by atoms with E-state index in [0.29, 0.717) is 0 Å². The zero-order valence-electron chi connectivity index (χ0n) is 18.1. The van der Waals surface area contributed by atoms with E-state index in [0.717, 1.165) is 22.3 Å². The van der Waals surface area contributed by atoms with Crippen LogP contribution in [0.3, 0.4) is 0 Å². The predicted molar refractivity (Wildman–Crippen MR) is 122 cm³/mol. The molecule has 1 heterocycles. The molecule has 3 aromatic rings. The maximum Gasteiger partial charge on any atom is 0.407 e. The molecule has 0 spiro atoms. The summed E-state index contributed by atoms with van der Waals surface area (Å²) in [6, 6.07) is 16.2. The smallest absolute Gasteiger partial charge is 0.407 e. The number of fused-ring (bicyclic) bond motifs is 3. The first-order valence-electron chi connectivity index (χ1n) is 10.6. The number of hydrogen-bond acceptors (Lipinski definition) is 8. The Kier molecular flexibility index (Phi) is 6.71. The van der Waals surface area contributed by atoms with E-state index in [-0.39, 0.29) is 42.9 Å². The average molecular weight is 450 g/mol. The summed E-state index contributed by atoms with van der Waals surface area (Å²) in [5, 5.41) is 23.2. The monoisotopic (exact) mass is 450 g/mol. The van der Waals surface area contributed by atoms with E-state index in [1.165, 1.54) is 13.3 Å². The zero-order valence-corrected chi connectivity index (χ0v) is 18.1. The van der Waals surface area contributed by atoms with Crippen molar-refractivity contribution in [3.8, 4) is 17.0 Å². The van der Waals surface area contributed by atoms with Crippen molar-refractivity contribution in [2.24, 2.45) is 0 Å². The lowest BCUT2D eigenvalue weighted by Gasteiger charge is -2.18. The Morgan fingerprint density at radius 2 is 1.76 bits per heavy atom. The second-order valence-corrected chi connectivity index (χ2v) is 7.74. The molecular weight excluding hydrogens is 424 g/mol. The summed E-state index contributed by atoms with van der Waals surface area (Å²) in [6.07, 6.45) is -1.73. The van der Waals surface area contributed by atoms with Gasteiger partial charge in [0, 0.05) is 12.5 Å². The highest BCUT2D eigenvalue weighted by atomic mass is 16.5. The number of benzene rings is 2. The first-order chi connectivity index (χ1) is 16.0. The van der Waals surface area contributed by atoms with Gasteiger partial charge in [0.05, 0.1) is 25.1 Å². The molecule has 1 aliphatic rings. The molecule has 0 saturated carbocycles. The van der Waals surface area contributed by atoms with Crippen molar-refractivity contribution in [1.82, 2.24) is 15.3 Å². The second-order valence-electron chi connectivity index (χ2n) is 7.74. The van der Waals surface area contributed by atoms with Crippen LogP contribution < -0.4 is 15.8 Å². The van der Waals surface area contributed by atoms with E-state index in [9.17, 15) is 15.0 Å². The number of nitrogens with one attached hydrogen (secondary N) is 1. The molecule has 0 fully saturated rings. The molecule has 5 N–H and O–H groups in total. The Labute approximate surface area is 191 Å². The van der Waals surface area contributed by atoms with Gasteiger partial charge >= 0.3 is 6.09 Å². The fourth-order valence-corrected chi connectivity index (χ4v) is 4.01. The number of nitrogens with zero attached hydrogens (tertiary/aromatic N) is 2. The van der Waals surface area contributed by atoms with Crippen molar-refractivity contribution < 1.29 is 24.5 Å². The van der Waals surface area contributed by atoms with Crippen molar-refractivity contribution >= 4 is 11.9 Å². The third kappa shape index (κ3) is 4.74. The van der Waals surface area contributed by atoms with Crippen LogP contribution in [0.1, 0.15) is 35.3 Å². The summed E-state index contributed by atoms with van der Waals surface area (Å²) in [5.41, 5.74) is 10.3. The molecule has 2 aromatic carbocycles. The lowest BCUT2D eigenvalue weighted by atomic mass is 9.98. The molecule has 0 aliphatic heterocycles. The van der Waals surface area contributed by atoms with Gasteiger partial charge in [-0.05, 0) is 28.7 Å². The van der Waals surface area contributed by atoms with Crippen LogP contribution >= 0.6 is 0 Å². The van der Waals surface area contributed by atoms with Crippen LogP contribution in [0.15, 0.2) is 54.7 Å². The fraction of sp³-hybridized carbons (Fsp3) is 0.292. The number of carbonyl (C=O) groups excluding carboxylic acids is 1. The van der Waals surface area contributed by atoms with E-state index in [2.05, 4.69) is 27.4 Å². The van der Waals surface area contributed by atoms with E-state index < -0.39 is 18.3 Å². The highest BCUT2D eigenvalue weighted by Crippen LogP contribution is 2.44. The first kappa shape index (κ1) is 22.5. The molecule has 0 radical (unpaired) electrons. The van der Waals surface area contributed by atoms with Gasteiger partial charge in [-0.2, -0.15) is 0 Å². The highest BCUT2D eigenvalue weighted by molar-refractivity contribution is 5.79. The number of aliphatic hydroxyl groups is 2. The van der Waals surface area contributed by atoms with Gasteiger partial charge < -0.3 is 30.7 Å². The third-order valence-corrected chi connectivity index (χ3v) is 5.70. The summed E-state index contributed by atoms with van der Waals surface area (Å²) in [7, 11) is 1.38. The van der Waals surface area contributed by atoms with Gasteiger partial charge in [0.2, 0.25) is 0 Å². The van der Waals surface area contributed by atoms with Crippen LogP contribution in [-0.4, -0.2) is 52.6 Å². The number of aliphatic hydroxyl groups excluding tert-OH is 2. The van der Waals surface area contributed by atoms with Crippen LogP contribution in [0.4, 0.5) is 10.6 Å². The summed E-state index contributed by atoms with van der Waals surface area (Å²) in [4.78, 5) is 20.2. The summed E-state index contributed by atoms with van der Waals surface area (Å²) in [5.74, 6) is 0.116. The van der Waals surface area contributed by atoms with E-state index in [4.69, 9.17) is 15.2 Å². The molecule has 1 aliphatic carbocycles. The van der Waals surface area contributed by atoms with Gasteiger partial charge in [-0.3, -0.25) is 0 Å². The van der Waals surface area contributed by atoms with Crippen LogP contribution in [0.5, 0.6) is 5.88 Å². The number of alkyl carbamates (subject to hydrolysis) is 1. The van der Waals surface area contributed by atoms with E-state index in [1.807, 2.05) is 36.4 Å². The van der Waals surface area contributed by atoms with Crippen LogP contribution in [-0.2, 0) is 4.74 Å². The van der Waals surface area contributed by atoms with Crippen LogP contribution in [0.2, 0.25) is 0 Å². The number of amides is 1. The molecule has 4 rings (SSSR count). The lowest BCUT2D eigenvalue weighted by molar-refractivity contribution is 0.0107. The van der Waals surface area contributed by atoms with E-state index >= 15 is 0 Å². The number of nitrogen functional groups attached to an aromatic ring is 1. The molecule has 172 valence electrons. The molecular formula is C24H26N4O5. The number of carbonyl (C=O) groups is 1. The number of nitrogens with two attached hydrogens (primary N) is 1. The Morgan fingerprint density at radius 3 is 2.39 bits per heavy atom. The topological polar surface area (TPSA) is 140 Å². The molecule has 1 amide bonds. The third-order valence-electron chi connectivity index (χ3n) is 5.70. The standard InChI is InChI=1S/C24H26N4O5/c1-32-23-22(25)27-12-19(28-23)21(30)20(29)10-11-26-24(31)33-13-18-16-8-4-2-6-14(16)15-7-3-5-9-17(15)18/h2-9,12,18,20-21,29-30H,10-11,13H2,1H3,(H2,25,27)(H,26,31). The molecule has 0 bridgehead atoms. The van der Waals surface area contributed by atoms with Gasteiger partial charge in [0.1, 0.15) is 12.7 Å². The number of ether oxygens (including phenoxy) is 2. The molecule has 33 heavy (non-hydrogen) atoms.